The van der Waals surface area contributed by atoms with Gasteiger partial charge in [0.05, 0.1) is 17.1 Å². The minimum Gasteiger partial charge on any atom is -0.352 e. The van der Waals surface area contributed by atoms with Gasteiger partial charge in [-0.15, -0.1) is 0 Å². The molecule has 4 nitrogen and oxygen atoms in total. The van der Waals surface area contributed by atoms with E-state index in [2.05, 4.69) is 59.3 Å². The van der Waals surface area contributed by atoms with E-state index in [1.807, 2.05) is 43.3 Å². The molecule has 3 aromatic carbocycles. The number of fused-ring (bicyclic) bond motifs is 1. The molecule has 1 heterocycles. The van der Waals surface area contributed by atoms with E-state index >= 15 is 0 Å². The lowest BCUT2D eigenvalue weighted by Gasteiger charge is -2.18. The fourth-order valence-corrected chi connectivity index (χ4v) is 3.95. The number of aryl methyl sites for hydroxylation is 2. The van der Waals surface area contributed by atoms with Gasteiger partial charge in [-0.05, 0) is 49.6 Å². The Balaban J connectivity index is 1.49. The van der Waals surface area contributed by atoms with Gasteiger partial charge in [-0.3, -0.25) is 4.79 Å². The summed E-state index contributed by atoms with van der Waals surface area (Å²) in [4.78, 5) is 17.3. The quantitative estimate of drug-likeness (QED) is 0.429. The van der Waals surface area contributed by atoms with Gasteiger partial charge in [0.1, 0.15) is 5.82 Å². The molecule has 1 amide bonds. The van der Waals surface area contributed by atoms with Gasteiger partial charge in [0.2, 0.25) is 0 Å². The van der Waals surface area contributed by atoms with Crippen LogP contribution in [0.1, 0.15) is 46.7 Å². The van der Waals surface area contributed by atoms with E-state index in [0.29, 0.717) is 6.54 Å². The van der Waals surface area contributed by atoms with Crippen LogP contribution < -0.4 is 5.32 Å². The number of carbonyl (C=O) groups excluding carboxylic acids is 1. The van der Waals surface area contributed by atoms with Gasteiger partial charge < -0.3 is 9.88 Å². The summed E-state index contributed by atoms with van der Waals surface area (Å²) >= 11 is 0. The molecule has 30 heavy (non-hydrogen) atoms. The molecule has 0 saturated heterocycles. The number of nitrogens with zero attached hydrogens (tertiary/aromatic N) is 2. The number of rotatable bonds is 7. The maximum atomic E-state index is 12.4. The van der Waals surface area contributed by atoms with Gasteiger partial charge in [0.25, 0.3) is 5.91 Å². The van der Waals surface area contributed by atoms with E-state index in [1.54, 1.807) is 0 Å². The van der Waals surface area contributed by atoms with Crippen molar-refractivity contribution in [3.8, 4) is 0 Å². The molecule has 0 aliphatic heterocycles. The highest BCUT2D eigenvalue weighted by molar-refractivity contribution is 5.95. The predicted octanol–water partition coefficient (Wildman–Crippen LogP) is 5.32. The second kappa shape index (κ2) is 8.95. The summed E-state index contributed by atoms with van der Waals surface area (Å²) in [6.07, 6.45) is 1.64. The first-order chi connectivity index (χ1) is 14.6. The van der Waals surface area contributed by atoms with Gasteiger partial charge in [-0.2, -0.15) is 0 Å². The van der Waals surface area contributed by atoms with Crippen molar-refractivity contribution in [1.82, 2.24) is 14.9 Å². The fourth-order valence-electron chi connectivity index (χ4n) is 3.95. The second-order valence-corrected chi connectivity index (χ2v) is 7.65. The van der Waals surface area contributed by atoms with Gasteiger partial charge in [-0.1, -0.05) is 60.7 Å². The molecule has 4 heteroatoms. The number of hydrogen-bond donors (Lipinski definition) is 1. The zero-order valence-corrected chi connectivity index (χ0v) is 17.5. The van der Waals surface area contributed by atoms with Crippen molar-refractivity contribution >= 4 is 16.9 Å². The minimum atomic E-state index is -0.0146. The lowest BCUT2D eigenvalue weighted by Crippen LogP contribution is -2.25. The van der Waals surface area contributed by atoms with Gasteiger partial charge in [-0.25, -0.2) is 4.98 Å². The molecule has 0 saturated carbocycles. The number of nitrogens with one attached hydrogen (secondary N) is 1. The molecule has 4 aromatic rings. The molecular weight excluding hydrogens is 370 g/mol. The highest BCUT2D eigenvalue weighted by Gasteiger charge is 2.17. The number of benzene rings is 3. The molecule has 0 aliphatic carbocycles. The van der Waals surface area contributed by atoms with Crippen molar-refractivity contribution in [1.29, 1.82) is 0 Å². The van der Waals surface area contributed by atoms with E-state index in [0.717, 1.165) is 40.8 Å². The SMILES string of the molecule is Cc1ccccc1C(=O)NCCCc1nc2ccccc2n1C(C)c1ccccc1. The van der Waals surface area contributed by atoms with Gasteiger partial charge >= 0.3 is 0 Å². The Hall–Kier alpha value is -3.40. The topological polar surface area (TPSA) is 46.9 Å². The smallest absolute Gasteiger partial charge is 0.251 e. The molecular formula is C26H27N3O. The molecule has 1 N–H and O–H groups in total. The van der Waals surface area contributed by atoms with E-state index < -0.39 is 0 Å². The van der Waals surface area contributed by atoms with Crippen LogP contribution in [0.3, 0.4) is 0 Å². The maximum Gasteiger partial charge on any atom is 0.251 e. The van der Waals surface area contributed by atoms with Crippen LogP contribution in [0.15, 0.2) is 78.9 Å². The standard InChI is InChI=1S/C26H27N3O/c1-19-11-6-7-14-22(19)26(30)27-18-10-17-25-28-23-15-8-9-16-24(23)29(25)20(2)21-12-4-3-5-13-21/h3-9,11-16,20H,10,17-18H2,1-2H3,(H,27,30). The van der Waals surface area contributed by atoms with Crippen LogP contribution in [0.5, 0.6) is 0 Å². The van der Waals surface area contributed by atoms with Crippen LogP contribution >= 0.6 is 0 Å². The van der Waals surface area contributed by atoms with E-state index in [1.165, 1.54) is 5.56 Å². The summed E-state index contributed by atoms with van der Waals surface area (Å²) in [6, 6.07) is 26.7. The van der Waals surface area contributed by atoms with Crippen molar-refractivity contribution in [3.63, 3.8) is 0 Å². The average Bonchev–Trinajstić information content (AvgIpc) is 3.15. The number of carbonyl (C=O) groups is 1. The Kier molecular flexibility index (Phi) is 5.94. The predicted molar refractivity (Wildman–Crippen MR) is 122 cm³/mol. The minimum absolute atomic E-state index is 0.0146. The molecule has 1 aromatic heterocycles. The van der Waals surface area contributed by atoms with Crippen LogP contribution in [0.2, 0.25) is 0 Å². The molecule has 1 unspecified atom stereocenters. The van der Waals surface area contributed by atoms with E-state index in [4.69, 9.17) is 4.98 Å². The summed E-state index contributed by atoms with van der Waals surface area (Å²) in [5.74, 6) is 1.04. The zero-order valence-electron chi connectivity index (χ0n) is 17.5. The van der Waals surface area contributed by atoms with Gasteiger partial charge in [0, 0.05) is 18.5 Å². The van der Waals surface area contributed by atoms with Crippen LogP contribution in [0.25, 0.3) is 11.0 Å². The first kappa shape index (κ1) is 19.9. The first-order valence-corrected chi connectivity index (χ1v) is 10.5. The average molecular weight is 398 g/mol. The highest BCUT2D eigenvalue weighted by Crippen LogP contribution is 2.26. The van der Waals surface area contributed by atoms with Crippen LogP contribution in [0, 0.1) is 6.92 Å². The summed E-state index contributed by atoms with van der Waals surface area (Å²) < 4.78 is 2.33. The Morgan fingerprint density at radius 1 is 0.967 bits per heavy atom. The molecule has 0 bridgehead atoms. The zero-order chi connectivity index (χ0) is 20.9. The first-order valence-electron chi connectivity index (χ1n) is 10.5. The molecule has 1 atom stereocenters. The summed E-state index contributed by atoms with van der Waals surface area (Å²) in [7, 11) is 0. The maximum absolute atomic E-state index is 12.4. The number of hydrogen-bond acceptors (Lipinski definition) is 2. The molecule has 0 radical (unpaired) electrons. The van der Waals surface area contributed by atoms with E-state index in [-0.39, 0.29) is 11.9 Å². The molecule has 0 fully saturated rings. The third-order valence-electron chi connectivity index (χ3n) is 5.59. The van der Waals surface area contributed by atoms with Crippen molar-refractivity contribution in [2.45, 2.75) is 32.7 Å². The van der Waals surface area contributed by atoms with Crippen molar-refractivity contribution in [3.05, 3.63) is 101 Å². The third kappa shape index (κ3) is 4.13. The lowest BCUT2D eigenvalue weighted by molar-refractivity contribution is 0.0952. The van der Waals surface area contributed by atoms with Crippen molar-refractivity contribution < 1.29 is 4.79 Å². The summed E-state index contributed by atoms with van der Waals surface area (Å²) in [5.41, 5.74) is 5.15. The summed E-state index contributed by atoms with van der Waals surface area (Å²) in [6.45, 7) is 4.80. The normalized spacial score (nSPS) is 12.1. The Morgan fingerprint density at radius 2 is 1.67 bits per heavy atom. The molecule has 0 spiro atoms. The lowest BCUT2D eigenvalue weighted by atomic mass is 10.1. The number of imidazole rings is 1. The van der Waals surface area contributed by atoms with Crippen LogP contribution in [0.4, 0.5) is 0 Å². The highest BCUT2D eigenvalue weighted by atomic mass is 16.1. The fraction of sp³-hybridized carbons (Fsp3) is 0.231. The largest absolute Gasteiger partial charge is 0.352 e. The van der Waals surface area contributed by atoms with Crippen LogP contribution in [-0.4, -0.2) is 22.0 Å². The molecule has 152 valence electrons. The number of amides is 1. The van der Waals surface area contributed by atoms with E-state index in [9.17, 15) is 4.79 Å². The summed E-state index contributed by atoms with van der Waals surface area (Å²) in [5, 5.41) is 3.05. The van der Waals surface area contributed by atoms with Crippen LogP contribution in [-0.2, 0) is 6.42 Å². The van der Waals surface area contributed by atoms with Crippen molar-refractivity contribution in [2.75, 3.05) is 6.54 Å². The molecule has 4 rings (SSSR count). The number of para-hydroxylation sites is 2. The Labute approximate surface area is 177 Å². The van der Waals surface area contributed by atoms with Crippen molar-refractivity contribution in [2.24, 2.45) is 0 Å². The number of aromatic nitrogens is 2. The monoisotopic (exact) mass is 397 g/mol. The second-order valence-electron chi connectivity index (χ2n) is 7.65. The third-order valence-corrected chi connectivity index (χ3v) is 5.59. The van der Waals surface area contributed by atoms with Gasteiger partial charge in [0.15, 0.2) is 0 Å². The Bertz CT molecular complexity index is 1150. The molecule has 0 aliphatic rings. The Morgan fingerprint density at radius 3 is 2.47 bits per heavy atom.